The summed E-state index contributed by atoms with van der Waals surface area (Å²) in [5, 5.41) is 8.63. The molecule has 0 atom stereocenters. The molecule has 0 unspecified atom stereocenters. The quantitative estimate of drug-likeness (QED) is 0.804. The molecule has 140 valence electrons. The molecule has 0 spiro atoms. The molecule has 0 bridgehead atoms. The first-order valence-corrected chi connectivity index (χ1v) is 9.20. The molecule has 3 amide bonds. The van der Waals surface area contributed by atoms with Crippen molar-refractivity contribution in [1.82, 2.24) is 0 Å². The Labute approximate surface area is 164 Å². The number of amides is 3. The third-order valence-electron chi connectivity index (χ3n) is 4.51. The zero-order chi connectivity index (χ0) is 20.0. The maximum atomic E-state index is 13.0. The van der Waals surface area contributed by atoms with Crippen molar-refractivity contribution in [3.05, 3.63) is 64.6 Å². The van der Waals surface area contributed by atoms with E-state index >= 15 is 0 Å². The number of para-hydroxylation sites is 1. The second kappa shape index (κ2) is 6.65. The minimum atomic E-state index is -1.17. The smallest absolute Gasteiger partial charge is 0.323 e. The molecule has 2 aliphatic rings. The number of carboxylic acid groups (broad SMARTS) is 1. The number of rotatable bonds is 3. The number of aliphatic carboxylic acids is 1. The van der Waals surface area contributed by atoms with Crippen molar-refractivity contribution in [2.75, 3.05) is 16.3 Å². The van der Waals surface area contributed by atoms with E-state index in [1.165, 1.54) is 0 Å². The van der Waals surface area contributed by atoms with E-state index in [4.69, 9.17) is 5.11 Å². The van der Waals surface area contributed by atoms with Gasteiger partial charge in [-0.15, -0.1) is 0 Å². The number of nitrogens with zero attached hydrogens (tertiary/aromatic N) is 2. The number of carbonyl (C=O) groups excluding carboxylic acids is 3. The third kappa shape index (κ3) is 2.78. The lowest BCUT2D eigenvalue weighted by molar-refractivity contribution is -0.136. The maximum absolute atomic E-state index is 13.0. The van der Waals surface area contributed by atoms with E-state index in [0.29, 0.717) is 28.7 Å². The SMILES string of the molecule is Cc1ccc(N2C(=O)S/C(=C3\C(=O)N(CC(=O)O)c4ccccc43)C2=O)cc1. The summed E-state index contributed by atoms with van der Waals surface area (Å²) in [5.41, 5.74) is 2.33. The fourth-order valence-corrected chi connectivity index (χ4v) is 4.16. The highest BCUT2D eigenvalue weighted by Crippen LogP contribution is 2.45. The number of hydrogen-bond donors (Lipinski definition) is 1. The molecule has 1 fully saturated rings. The summed E-state index contributed by atoms with van der Waals surface area (Å²) in [4.78, 5) is 51.8. The summed E-state index contributed by atoms with van der Waals surface area (Å²) < 4.78 is 0. The first-order valence-electron chi connectivity index (χ1n) is 8.38. The molecule has 0 aliphatic carbocycles. The second-order valence-electron chi connectivity index (χ2n) is 6.35. The van der Waals surface area contributed by atoms with Gasteiger partial charge in [0, 0.05) is 5.56 Å². The lowest BCUT2D eigenvalue weighted by Crippen LogP contribution is -2.32. The summed E-state index contributed by atoms with van der Waals surface area (Å²) in [6.45, 7) is 1.37. The van der Waals surface area contributed by atoms with E-state index in [1.54, 1.807) is 48.5 Å². The fraction of sp³-hybridized carbons (Fsp3) is 0.100. The molecule has 0 radical (unpaired) electrons. The third-order valence-corrected chi connectivity index (χ3v) is 5.45. The maximum Gasteiger partial charge on any atom is 0.323 e. The van der Waals surface area contributed by atoms with Crippen LogP contribution in [0.15, 0.2) is 53.4 Å². The molecule has 2 heterocycles. The van der Waals surface area contributed by atoms with Gasteiger partial charge >= 0.3 is 5.97 Å². The van der Waals surface area contributed by atoms with Crippen LogP contribution in [-0.2, 0) is 14.4 Å². The molecule has 1 N–H and O–H groups in total. The van der Waals surface area contributed by atoms with Gasteiger partial charge in [0.05, 0.1) is 21.9 Å². The Bertz CT molecular complexity index is 1070. The lowest BCUT2D eigenvalue weighted by atomic mass is 10.1. The number of hydrogen-bond acceptors (Lipinski definition) is 5. The number of carbonyl (C=O) groups is 4. The van der Waals surface area contributed by atoms with Crippen LogP contribution in [0.5, 0.6) is 0 Å². The molecule has 8 heteroatoms. The Morgan fingerprint density at radius 2 is 1.68 bits per heavy atom. The van der Waals surface area contributed by atoms with Crippen molar-refractivity contribution < 1.29 is 24.3 Å². The van der Waals surface area contributed by atoms with Gasteiger partial charge in [-0.1, -0.05) is 35.9 Å². The van der Waals surface area contributed by atoms with Gasteiger partial charge in [0.25, 0.3) is 17.1 Å². The number of thioether (sulfide) groups is 1. The summed E-state index contributed by atoms with van der Waals surface area (Å²) in [6, 6.07) is 13.5. The molecule has 2 aliphatic heterocycles. The van der Waals surface area contributed by atoms with Crippen LogP contribution in [0.3, 0.4) is 0 Å². The van der Waals surface area contributed by atoms with Crippen molar-refractivity contribution in [2.45, 2.75) is 6.92 Å². The summed E-state index contributed by atoms with van der Waals surface area (Å²) >= 11 is 0.688. The number of carboxylic acids is 1. The normalized spacial score (nSPS) is 18.8. The summed E-state index contributed by atoms with van der Waals surface area (Å²) in [7, 11) is 0. The molecule has 7 nitrogen and oxygen atoms in total. The average Bonchev–Trinajstić information content (AvgIpc) is 3.09. The predicted octanol–water partition coefficient (Wildman–Crippen LogP) is 3.04. The zero-order valence-corrected chi connectivity index (χ0v) is 15.5. The monoisotopic (exact) mass is 394 g/mol. The fourth-order valence-electron chi connectivity index (χ4n) is 3.23. The number of anilines is 2. The van der Waals surface area contributed by atoms with Crippen LogP contribution in [0.25, 0.3) is 5.57 Å². The van der Waals surface area contributed by atoms with Crippen LogP contribution in [0.1, 0.15) is 11.1 Å². The molecular formula is C20H14N2O5S. The Balaban J connectivity index is 1.82. The van der Waals surface area contributed by atoms with E-state index in [2.05, 4.69) is 0 Å². The van der Waals surface area contributed by atoms with E-state index in [9.17, 15) is 19.2 Å². The number of aryl methyl sites for hydroxylation is 1. The van der Waals surface area contributed by atoms with Crippen molar-refractivity contribution in [3.8, 4) is 0 Å². The summed E-state index contributed by atoms with van der Waals surface area (Å²) in [6.07, 6.45) is 0. The topological polar surface area (TPSA) is 95.0 Å². The van der Waals surface area contributed by atoms with Gasteiger partial charge < -0.3 is 5.11 Å². The number of benzene rings is 2. The molecular weight excluding hydrogens is 380 g/mol. The van der Waals surface area contributed by atoms with Crippen LogP contribution in [0.2, 0.25) is 0 Å². The molecule has 0 saturated carbocycles. The van der Waals surface area contributed by atoms with E-state index in [0.717, 1.165) is 15.4 Å². The number of imide groups is 1. The summed E-state index contributed by atoms with van der Waals surface area (Å²) in [5.74, 6) is -2.36. The largest absolute Gasteiger partial charge is 0.480 e. The van der Waals surface area contributed by atoms with Crippen molar-refractivity contribution in [3.63, 3.8) is 0 Å². The van der Waals surface area contributed by atoms with Crippen LogP contribution in [0.4, 0.5) is 16.2 Å². The van der Waals surface area contributed by atoms with Gasteiger partial charge in [0.1, 0.15) is 6.54 Å². The van der Waals surface area contributed by atoms with E-state index in [1.807, 2.05) is 6.92 Å². The molecule has 2 aromatic rings. The van der Waals surface area contributed by atoms with Gasteiger partial charge in [-0.3, -0.25) is 24.1 Å². The Morgan fingerprint density at radius 3 is 2.36 bits per heavy atom. The Hall–Kier alpha value is -3.39. The minimum absolute atomic E-state index is 0.0101. The first-order chi connectivity index (χ1) is 13.4. The van der Waals surface area contributed by atoms with E-state index < -0.39 is 29.6 Å². The van der Waals surface area contributed by atoms with Crippen LogP contribution in [-0.4, -0.2) is 34.7 Å². The molecule has 28 heavy (non-hydrogen) atoms. The average molecular weight is 394 g/mol. The van der Waals surface area contributed by atoms with E-state index in [-0.39, 0.29) is 10.5 Å². The zero-order valence-electron chi connectivity index (χ0n) is 14.7. The van der Waals surface area contributed by atoms with Crippen LogP contribution < -0.4 is 9.80 Å². The van der Waals surface area contributed by atoms with Gasteiger partial charge in [0.2, 0.25) is 0 Å². The highest BCUT2D eigenvalue weighted by Gasteiger charge is 2.44. The molecule has 1 saturated heterocycles. The molecule has 0 aromatic heterocycles. The van der Waals surface area contributed by atoms with Crippen molar-refractivity contribution in [2.24, 2.45) is 0 Å². The van der Waals surface area contributed by atoms with Gasteiger partial charge in [-0.25, -0.2) is 4.90 Å². The minimum Gasteiger partial charge on any atom is -0.480 e. The van der Waals surface area contributed by atoms with Crippen molar-refractivity contribution in [1.29, 1.82) is 0 Å². The predicted molar refractivity (Wildman–Crippen MR) is 105 cm³/mol. The van der Waals surface area contributed by atoms with Gasteiger partial charge in [0.15, 0.2) is 0 Å². The Morgan fingerprint density at radius 1 is 1.00 bits per heavy atom. The number of fused-ring (bicyclic) bond motifs is 1. The molecule has 2 aromatic carbocycles. The standard InChI is InChI=1S/C20H14N2O5S/c1-11-6-8-12(9-7-11)22-19(26)17(28-20(22)27)16-13-4-2-3-5-14(13)21(18(16)25)10-15(23)24/h2-9H,10H2,1H3,(H,23,24)/b17-16-. The second-order valence-corrected chi connectivity index (χ2v) is 7.31. The highest BCUT2D eigenvalue weighted by molar-refractivity contribution is 8.19. The first kappa shape index (κ1) is 18.0. The highest BCUT2D eigenvalue weighted by atomic mass is 32.2. The van der Waals surface area contributed by atoms with Crippen molar-refractivity contribution >= 4 is 51.7 Å². The van der Waals surface area contributed by atoms with Crippen LogP contribution >= 0.6 is 11.8 Å². The van der Waals surface area contributed by atoms with Gasteiger partial charge in [-0.2, -0.15) is 0 Å². The lowest BCUT2D eigenvalue weighted by Gasteiger charge is -2.14. The van der Waals surface area contributed by atoms with Crippen LogP contribution in [0, 0.1) is 6.92 Å². The molecule has 4 rings (SSSR count). The Kier molecular flexibility index (Phi) is 4.27. The van der Waals surface area contributed by atoms with Gasteiger partial charge in [-0.05, 0) is 36.9 Å².